The maximum atomic E-state index is 5.38. The molecule has 0 heterocycles. The first-order chi connectivity index (χ1) is 9.06. The van der Waals surface area contributed by atoms with Crippen LogP contribution in [0.5, 0.6) is 11.5 Å². The van der Waals surface area contributed by atoms with Gasteiger partial charge >= 0.3 is 0 Å². The smallest absolute Gasteiger partial charge is 0.161 e. The van der Waals surface area contributed by atoms with Crippen molar-refractivity contribution in [2.45, 2.75) is 44.6 Å². The Morgan fingerprint density at radius 3 is 2.42 bits per heavy atom. The van der Waals surface area contributed by atoms with E-state index in [-0.39, 0.29) is 5.41 Å². The van der Waals surface area contributed by atoms with Crippen LogP contribution >= 0.6 is 0 Å². The lowest BCUT2D eigenvalue weighted by Gasteiger charge is -2.26. The lowest BCUT2D eigenvalue weighted by Crippen LogP contribution is -2.26. The molecule has 0 unspecified atom stereocenters. The fourth-order valence-corrected chi connectivity index (χ4v) is 2.28. The fraction of sp³-hybridized carbons (Fsp3) is 0.625. The van der Waals surface area contributed by atoms with Crippen molar-refractivity contribution in [3.05, 3.63) is 23.8 Å². The maximum absolute atomic E-state index is 5.38. The minimum atomic E-state index is 0.140. The molecule has 0 aliphatic heterocycles. The lowest BCUT2D eigenvalue weighted by molar-refractivity contribution is 0.352. The first-order valence-corrected chi connectivity index (χ1v) is 7.03. The van der Waals surface area contributed by atoms with Crippen molar-refractivity contribution in [1.82, 2.24) is 5.32 Å². The summed E-state index contributed by atoms with van der Waals surface area (Å²) in [5.41, 5.74) is 1.43. The van der Waals surface area contributed by atoms with Gasteiger partial charge in [0, 0.05) is 6.04 Å². The van der Waals surface area contributed by atoms with Gasteiger partial charge < -0.3 is 14.8 Å². The summed E-state index contributed by atoms with van der Waals surface area (Å²) in [7, 11) is 3.35. The van der Waals surface area contributed by atoms with Gasteiger partial charge in [-0.15, -0.1) is 0 Å². The van der Waals surface area contributed by atoms with Gasteiger partial charge in [0.1, 0.15) is 0 Å². The van der Waals surface area contributed by atoms with E-state index in [1.54, 1.807) is 14.2 Å². The minimum absolute atomic E-state index is 0.140. The van der Waals surface area contributed by atoms with Crippen molar-refractivity contribution < 1.29 is 9.47 Å². The maximum Gasteiger partial charge on any atom is 0.161 e. The molecule has 2 rings (SSSR count). The normalized spacial score (nSPS) is 15.4. The number of hydrogen-bond acceptors (Lipinski definition) is 3. The molecule has 3 nitrogen and oxygen atoms in total. The third kappa shape index (κ3) is 3.63. The van der Waals surface area contributed by atoms with E-state index < -0.39 is 0 Å². The number of methoxy groups -OCH3 is 2. The first-order valence-electron chi connectivity index (χ1n) is 7.03. The molecule has 0 spiro atoms. The zero-order valence-electron chi connectivity index (χ0n) is 12.5. The Bertz CT molecular complexity index is 425. The van der Waals surface area contributed by atoms with E-state index >= 15 is 0 Å². The Hall–Kier alpha value is -1.22. The molecule has 1 aromatic carbocycles. The first kappa shape index (κ1) is 14.2. The van der Waals surface area contributed by atoms with Gasteiger partial charge in [-0.3, -0.25) is 0 Å². The van der Waals surface area contributed by atoms with Crippen LogP contribution in [0.3, 0.4) is 0 Å². The standard InChI is InChI=1S/C16H25NO2/c1-16(2,9-10-17-13-6-7-13)12-5-8-14(18-3)15(11-12)19-4/h5,8,11,13,17H,6-7,9-10H2,1-4H3. The summed E-state index contributed by atoms with van der Waals surface area (Å²) in [6, 6.07) is 7.00. The molecule has 0 atom stereocenters. The van der Waals surface area contributed by atoms with Crippen molar-refractivity contribution in [1.29, 1.82) is 0 Å². The monoisotopic (exact) mass is 263 g/mol. The van der Waals surface area contributed by atoms with E-state index in [4.69, 9.17) is 9.47 Å². The Morgan fingerprint density at radius 2 is 1.84 bits per heavy atom. The zero-order valence-corrected chi connectivity index (χ0v) is 12.5. The predicted molar refractivity (Wildman–Crippen MR) is 78.2 cm³/mol. The molecule has 1 N–H and O–H groups in total. The molecule has 1 fully saturated rings. The second kappa shape index (κ2) is 5.83. The number of rotatable bonds is 7. The highest BCUT2D eigenvalue weighted by atomic mass is 16.5. The Balaban J connectivity index is 2.04. The van der Waals surface area contributed by atoms with Gasteiger partial charge in [-0.05, 0) is 48.9 Å². The summed E-state index contributed by atoms with van der Waals surface area (Å²) < 4.78 is 10.7. The predicted octanol–water partition coefficient (Wildman–Crippen LogP) is 3.12. The summed E-state index contributed by atoms with van der Waals surface area (Å²) in [5.74, 6) is 1.60. The van der Waals surface area contributed by atoms with Crippen LogP contribution in [0.1, 0.15) is 38.7 Å². The molecule has 3 heteroatoms. The molecule has 1 aliphatic rings. The molecular formula is C16H25NO2. The van der Waals surface area contributed by atoms with Crippen LogP contribution in [0.15, 0.2) is 18.2 Å². The van der Waals surface area contributed by atoms with Crippen molar-refractivity contribution in [3.63, 3.8) is 0 Å². The van der Waals surface area contributed by atoms with E-state index in [0.717, 1.165) is 30.5 Å². The average Bonchev–Trinajstić information content (AvgIpc) is 3.21. The Morgan fingerprint density at radius 1 is 1.16 bits per heavy atom. The van der Waals surface area contributed by atoms with Crippen LogP contribution < -0.4 is 14.8 Å². The zero-order chi connectivity index (χ0) is 13.9. The largest absolute Gasteiger partial charge is 0.493 e. The molecule has 106 valence electrons. The molecule has 0 radical (unpaired) electrons. The molecule has 0 saturated heterocycles. The van der Waals surface area contributed by atoms with Crippen LogP contribution in [0.4, 0.5) is 0 Å². The highest BCUT2D eigenvalue weighted by Gasteiger charge is 2.24. The van der Waals surface area contributed by atoms with Crippen LogP contribution in [0.25, 0.3) is 0 Å². The van der Waals surface area contributed by atoms with E-state index in [2.05, 4.69) is 31.3 Å². The summed E-state index contributed by atoms with van der Waals surface area (Å²) >= 11 is 0. The van der Waals surface area contributed by atoms with Gasteiger partial charge in [0.05, 0.1) is 14.2 Å². The number of benzene rings is 1. The van der Waals surface area contributed by atoms with Crippen molar-refractivity contribution in [2.75, 3.05) is 20.8 Å². The summed E-state index contributed by atoms with van der Waals surface area (Å²) in [5, 5.41) is 3.58. The molecule has 0 amide bonds. The van der Waals surface area contributed by atoms with Gasteiger partial charge in [0.25, 0.3) is 0 Å². The van der Waals surface area contributed by atoms with Crippen molar-refractivity contribution in [3.8, 4) is 11.5 Å². The summed E-state index contributed by atoms with van der Waals surface area (Å²) in [6.45, 7) is 5.64. The second-order valence-corrected chi connectivity index (χ2v) is 5.93. The van der Waals surface area contributed by atoms with Crippen molar-refractivity contribution >= 4 is 0 Å². The second-order valence-electron chi connectivity index (χ2n) is 5.93. The third-order valence-corrected chi connectivity index (χ3v) is 3.93. The topological polar surface area (TPSA) is 30.5 Å². The van der Waals surface area contributed by atoms with Crippen LogP contribution in [-0.4, -0.2) is 26.8 Å². The van der Waals surface area contributed by atoms with Gasteiger partial charge in [-0.25, -0.2) is 0 Å². The molecule has 0 bridgehead atoms. The van der Waals surface area contributed by atoms with Gasteiger partial charge in [-0.1, -0.05) is 19.9 Å². The molecular weight excluding hydrogens is 238 g/mol. The van der Waals surface area contributed by atoms with Crippen molar-refractivity contribution in [2.24, 2.45) is 0 Å². The highest BCUT2D eigenvalue weighted by Crippen LogP contribution is 2.34. The number of ether oxygens (including phenoxy) is 2. The SMILES string of the molecule is COc1ccc(C(C)(C)CCNC2CC2)cc1OC. The van der Waals surface area contributed by atoms with E-state index in [9.17, 15) is 0 Å². The number of hydrogen-bond donors (Lipinski definition) is 1. The number of nitrogens with one attached hydrogen (secondary N) is 1. The lowest BCUT2D eigenvalue weighted by atomic mass is 9.81. The molecule has 1 saturated carbocycles. The van der Waals surface area contributed by atoms with E-state index in [1.165, 1.54) is 18.4 Å². The Labute approximate surface area is 116 Å². The van der Waals surface area contributed by atoms with Crippen LogP contribution in [0, 0.1) is 0 Å². The van der Waals surface area contributed by atoms with Gasteiger partial charge in [0.2, 0.25) is 0 Å². The quantitative estimate of drug-likeness (QED) is 0.820. The van der Waals surface area contributed by atoms with E-state index in [0.29, 0.717) is 0 Å². The van der Waals surface area contributed by atoms with Crippen LogP contribution in [-0.2, 0) is 5.41 Å². The molecule has 1 aromatic rings. The molecule has 19 heavy (non-hydrogen) atoms. The third-order valence-electron chi connectivity index (χ3n) is 3.93. The van der Waals surface area contributed by atoms with E-state index in [1.807, 2.05) is 6.07 Å². The van der Waals surface area contributed by atoms with Gasteiger partial charge in [-0.2, -0.15) is 0 Å². The summed E-state index contributed by atoms with van der Waals surface area (Å²) in [6.07, 6.45) is 3.81. The summed E-state index contributed by atoms with van der Waals surface area (Å²) in [4.78, 5) is 0. The highest BCUT2D eigenvalue weighted by molar-refractivity contribution is 5.44. The molecule has 0 aromatic heterocycles. The fourth-order valence-electron chi connectivity index (χ4n) is 2.28. The Kier molecular flexibility index (Phi) is 4.35. The average molecular weight is 263 g/mol. The van der Waals surface area contributed by atoms with Crippen LogP contribution in [0.2, 0.25) is 0 Å². The molecule has 1 aliphatic carbocycles. The minimum Gasteiger partial charge on any atom is -0.493 e. The van der Waals surface area contributed by atoms with Gasteiger partial charge in [0.15, 0.2) is 11.5 Å².